The van der Waals surface area contributed by atoms with Crippen molar-refractivity contribution in [1.29, 1.82) is 0 Å². The van der Waals surface area contributed by atoms with Gasteiger partial charge >= 0.3 is 12.6 Å². The Morgan fingerprint density at radius 1 is 1.30 bits per heavy atom. The maximum atomic E-state index is 12.9. The maximum absolute atomic E-state index is 12.9. The molecular weight excluding hydrogens is 360 g/mol. The van der Waals surface area contributed by atoms with Crippen LogP contribution in [0.25, 0.3) is 0 Å². The first kappa shape index (κ1) is 19.2. The summed E-state index contributed by atoms with van der Waals surface area (Å²) >= 11 is 0. The zero-order valence-corrected chi connectivity index (χ0v) is 15.4. The first-order valence-corrected chi connectivity index (χ1v) is 8.91. The number of imidazole rings is 1. The number of urea groups is 1. The highest BCUT2D eigenvalue weighted by atomic mass is 19.3. The summed E-state index contributed by atoms with van der Waals surface area (Å²) in [6, 6.07) is -0.488. The third-order valence-corrected chi connectivity index (χ3v) is 5.54. The predicted octanol–water partition coefficient (Wildman–Crippen LogP) is 1.83. The number of aromatic nitrogens is 2. The van der Waals surface area contributed by atoms with Crippen LogP contribution in [-0.4, -0.2) is 68.3 Å². The van der Waals surface area contributed by atoms with E-state index in [0.717, 1.165) is 30.4 Å². The lowest BCUT2D eigenvalue weighted by atomic mass is 9.81. The van der Waals surface area contributed by atoms with Crippen LogP contribution in [0.4, 0.5) is 13.6 Å². The second kappa shape index (κ2) is 7.24. The molecule has 0 unspecified atom stereocenters. The van der Waals surface area contributed by atoms with Crippen molar-refractivity contribution in [2.45, 2.75) is 50.7 Å². The molecule has 4 amide bonds. The number of carbonyl (C=O) groups excluding carboxylic acids is 3. The minimum Gasteiger partial charge on any atom is -0.337 e. The second-order valence-electron chi connectivity index (χ2n) is 7.10. The maximum Gasteiger partial charge on any atom is 0.327 e. The fourth-order valence-electron chi connectivity index (χ4n) is 3.87. The number of amides is 4. The summed E-state index contributed by atoms with van der Waals surface area (Å²) in [6.07, 6.45) is 6.31. The molecule has 0 N–H and O–H groups in total. The smallest absolute Gasteiger partial charge is 0.327 e. The van der Waals surface area contributed by atoms with E-state index in [1.54, 1.807) is 7.05 Å². The van der Waals surface area contributed by atoms with Crippen molar-refractivity contribution in [3.05, 3.63) is 18.2 Å². The lowest BCUT2D eigenvalue weighted by Crippen LogP contribution is -2.49. The molecule has 2 heterocycles. The molecule has 0 bridgehead atoms. The molecule has 1 spiro atoms. The van der Waals surface area contributed by atoms with Gasteiger partial charge in [-0.1, -0.05) is 19.3 Å². The molecule has 1 aliphatic carbocycles. The summed E-state index contributed by atoms with van der Waals surface area (Å²) in [4.78, 5) is 45.4. The minimum absolute atomic E-state index is 0.0285. The van der Waals surface area contributed by atoms with E-state index in [1.807, 2.05) is 0 Å². The Kier molecular flexibility index (Phi) is 5.16. The molecule has 2 fully saturated rings. The lowest BCUT2D eigenvalue weighted by Gasteiger charge is -2.35. The topological polar surface area (TPSA) is 78.8 Å². The van der Waals surface area contributed by atoms with E-state index in [9.17, 15) is 23.2 Å². The number of likely N-dealkylation sites (N-methyl/N-ethyl adjacent to an activating group) is 2. The molecule has 2 aliphatic rings. The molecule has 1 aromatic heterocycles. The fraction of sp³-hybridized carbons (Fsp3) is 0.647. The number of nitrogens with zero attached hydrogens (tertiary/aromatic N) is 5. The van der Waals surface area contributed by atoms with Crippen LogP contribution < -0.4 is 0 Å². The van der Waals surface area contributed by atoms with Gasteiger partial charge in [0.2, 0.25) is 5.91 Å². The minimum atomic E-state index is -2.76. The summed E-state index contributed by atoms with van der Waals surface area (Å²) in [7, 11) is 3.02. The van der Waals surface area contributed by atoms with Gasteiger partial charge in [0.25, 0.3) is 5.91 Å². The highest BCUT2D eigenvalue weighted by Gasteiger charge is 2.55. The van der Waals surface area contributed by atoms with Crippen LogP contribution in [0.3, 0.4) is 0 Å². The van der Waals surface area contributed by atoms with Gasteiger partial charge in [-0.05, 0) is 12.8 Å². The Bertz CT molecular complexity index is 745. The quantitative estimate of drug-likeness (QED) is 0.727. The summed E-state index contributed by atoms with van der Waals surface area (Å²) in [5.41, 5.74) is -0.847. The van der Waals surface area contributed by atoms with Crippen LogP contribution in [0.2, 0.25) is 0 Å². The zero-order valence-electron chi connectivity index (χ0n) is 15.4. The van der Waals surface area contributed by atoms with Gasteiger partial charge in [-0.25, -0.2) is 9.78 Å². The highest BCUT2D eigenvalue weighted by molar-refractivity contribution is 6.08. The van der Waals surface area contributed by atoms with Crippen molar-refractivity contribution in [3.8, 4) is 0 Å². The molecule has 0 radical (unpaired) electrons. The van der Waals surface area contributed by atoms with Gasteiger partial charge in [0.05, 0.1) is 6.54 Å². The fourth-order valence-corrected chi connectivity index (χ4v) is 3.87. The Balaban J connectivity index is 1.69. The Morgan fingerprint density at radius 2 is 1.96 bits per heavy atom. The van der Waals surface area contributed by atoms with E-state index in [0.29, 0.717) is 17.4 Å². The van der Waals surface area contributed by atoms with E-state index < -0.39 is 30.6 Å². The molecule has 10 heteroatoms. The van der Waals surface area contributed by atoms with Gasteiger partial charge < -0.3 is 9.80 Å². The number of imide groups is 1. The molecule has 148 valence electrons. The molecule has 0 atom stereocenters. The molecule has 1 saturated heterocycles. The molecular formula is C17H23F2N5O3. The first-order chi connectivity index (χ1) is 12.8. The van der Waals surface area contributed by atoms with E-state index >= 15 is 0 Å². The summed E-state index contributed by atoms with van der Waals surface area (Å²) < 4.78 is 26.5. The molecule has 0 aromatic carbocycles. The molecule has 1 saturated carbocycles. The van der Waals surface area contributed by atoms with Crippen molar-refractivity contribution < 1.29 is 23.2 Å². The SMILES string of the molecule is CN(Cc1nccn1C(F)F)C(=O)CN1C(=O)N(C)C2(CCCCC2)C1=O. The third kappa shape index (κ3) is 3.28. The van der Waals surface area contributed by atoms with E-state index in [4.69, 9.17) is 0 Å². The van der Waals surface area contributed by atoms with Gasteiger partial charge in [0.1, 0.15) is 17.9 Å². The highest BCUT2D eigenvalue weighted by Crippen LogP contribution is 2.39. The molecule has 3 rings (SSSR count). The summed E-state index contributed by atoms with van der Waals surface area (Å²) in [5, 5.41) is 0. The molecule has 27 heavy (non-hydrogen) atoms. The second-order valence-corrected chi connectivity index (χ2v) is 7.10. The number of halogens is 2. The van der Waals surface area contributed by atoms with Gasteiger partial charge in [-0.15, -0.1) is 0 Å². The largest absolute Gasteiger partial charge is 0.337 e. The normalized spacial score (nSPS) is 19.4. The van der Waals surface area contributed by atoms with Crippen molar-refractivity contribution in [2.24, 2.45) is 0 Å². The van der Waals surface area contributed by atoms with Gasteiger partial charge in [-0.2, -0.15) is 8.78 Å². The predicted molar refractivity (Wildman–Crippen MR) is 90.6 cm³/mol. The Labute approximate surface area is 155 Å². The lowest BCUT2D eigenvalue weighted by molar-refractivity contribution is -0.140. The molecule has 1 aromatic rings. The first-order valence-electron chi connectivity index (χ1n) is 8.91. The zero-order chi connectivity index (χ0) is 19.8. The van der Waals surface area contributed by atoms with Crippen LogP contribution in [0.15, 0.2) is 12.4 Å². The monoisotopic (exact) mass is 383 g/mol. The van der Waals surface area contributed by atoms with E-state index in [2.05, 4.69) is 4.98 Å². The summed E-state index contributed by atoms with van der Waals surface area (Å²) in [5.74, 6) is -0.826. The number of rotatable bonds is 5. The van der Waals surface area contributed by atoms with Crippen LogP contribution in [0.5, 0.6) is 0 Å². The summed E-state index contributed by atoms with van der Waals surface area (Å²) in [6.45, 7) is -3.31. The van der Waals surface area contributed by atoms with E-state index in [1.165, 1.54) is 23.0 Å². The third-order valence-electron chi connectivity index (χ3n) is 5.54. The van der Waals surface area contributed by atoms with Crippen molar-refractivity contribution in [1.82, 2.24) is 24.3 Å². The van der Waals surface area contributed by atoms with Crippen LogP contribution in [0, 0.1) is 0 Å². The number of carbonyl (C=O) groups is 3. The van der Waals surface area contributed by atoms with Crippen LogP contribution in [-0.2, 0) is 16.1 Å². The molecule has 8 nitrogen and oxygen atoms in total. The van der Waals surface area contributed by atoms with Gasteiger partial charge in [0, 0.05) is 26.5 Å². The van der Waals surface area contributed by atoms with Gasteiger partial charge in [0.15, 0.2) is 0 Å². The number of hydrogen-bond donors (Lipinski definition) is 0. The van der Waals surface area contributed by atoms with Crippen molar-refractivity contribution in [2.75, 3.05) is 20.6 Å². The number of alkyl halides is 2. The van der Waals surface area contributed by atoms with E-state index in [-0.39, 0.29) is 18.3 Å². The Morgan fingerprint density at radius 3 is 2.59 bits per heavy atom. The van der Waals surface area contributed by atoms with Crippen LogP contribution >= 0.6 is 0 Å². The average molecular weight is 383 g/mol. The number of hydrogen-bond acceptors (Lipinski definition) is 4. The Hall–Kier alpha value is -2.52. The van der Waals surface area contributed by atoms with Crippen LogP contribution in [0.1, 0.15) is 44.5 Å². The van der Waals surface area contributed by atoms with Gasteiger partial charge in [-0.3, -0.25) is 19.1 Å². The van der Waals surface area contributed by atoms with Crippen molar-refractivity contribution >= 4 is 17.8 Å². The van der Waals surface area contributed by atoms with Crippen molar-refractivity contribution in [3.63, 3.8) is 0 Å². The standard InChI is InChI=1S/C17H23F2N5O3/c1-21(10-12-20-8-9-23(12)15(18)19)13(25)11-24-14(26)17(22(2)16(24)27)6-4-3-5-7-17/h8-9,15H,3-7,10-11H2,1-2H3. The molecule has 1 aliphatic heterocycles. The average Bonchev–Trinajstić information content (AvgIpc) is 3.17.